The van der Waals surface area contributed by atoms with E-state index in [-0.39, 0.29) is 18.3 Å². The zero-order chi connectivity index (χ0) is 15.5. The number of nitrogens with two attached hydrogens (primary N) is 2. The van der Waals surface area contributed by atoms with Crippen molar-refractivity contribution < 1.29 is 14.2 Å². The first-order valence-electron chi connectivity index (χ1n) is 7.14. The number of hydrogen-bond acceptors (Lipinski definition) is 8. The molecule has 22 heavy (non-hydrogen) atoms. The minimum Gasteiger partial charge on any atom is -0.382 e. The summed E-state index contributed by atoms with van der Waals surface area (Å²) in [6.07, 6.45) is 1.87. The fourth-order valence-electron chi connectivity index (χ4n) is 3.13. The number of aromatic nitrogens is 4. The molecule has 9 nitrogen and oxygen atoms in total. The Hall–Kier alpha value is -1.81. The van der Waals surface area contributed by atoms with E-state index in [1.807, 2.05) is 13.8 Å². The van der Waals surface area contributed by atoms with Gasteiger partial charge in [-0.1, -0.05) is 0 Å². The molecular formula is C13H18N6O3. The molecule has 2 saturated heterocycles. The second-order valence-electron chi connectivity index (χ2n) is 5.95. The third-order valence-electron chi connectivity index (χ3n) is 4.02. The van der Waals surface area contributed by atoms with Crippen LogP contribution in [0.1, 0.15) is 20.1 Å². The van der Waals surface area contributed by atoms with E-state index in [1.165, 1.54) is 6.33 Å². The van der Waals surface area contributed by atoms with Crippen molar-refractivity contribution in [1.82, 2.24) is 19.5 Å². The zero-order valence-corrected chi connectivity index (χ0v) is 12.3. The van der Waals surface area contributed by atoms with E-state index in [2.05, 4.69) is 15.0 Å². The lowest BCUT2D eigenvalue weighted by Crippen LogP contribution is -2.34. The molecule has 118 valence electrons. The van der Waals surface area contributed by atoms with Crippen molar-refractivity contribution in [2.75, 3.05) is 12.3 Å². The van der Waals surface area contributed by atoms with Gasteiger partial charge in [0, 0.05) is 6.54 Å². The lowest BCUT2D eigenvalue weighted by Gasteiger charge is -2.24. The Kier molecular flexibility index (Phi) is 2.89. The summed E-state index contributed by atoms with van der Waals surface area (Å²) < 4.78 is 19.7. The maximum atomic E-state index is 6.01. The number of fused-ring (bicyclic) bond motifs is 2. The number of ether oxygens (including phenoxy) is 3. The molecule has 0 saturated carbocycles. The quantitative estimate of drug-likeness (QED) is 0.781. The van der Waals surface area contributed by atoms with Gasteiger partial charge in [0.05, 0.1) is 6.33 Å². The van der Waals surface area contributed by atoms with Crippen molar-refractivity contribution in [3.05, 3.63) is 12.7 Å². The number of anilines is 1. The summed E-state index contributed by atoms with van der Waals surface area (Å²) in [6, 6.07) is 0. The Labute approximate surface area is 126 Å². The molecule has 0 aromatic carbocycles. The van der Waals surface area contributed by atoms with Crippen LogP contribution in [0.3, 0.4) is 0 Å². The van der Waals surface area contributed by atoms with E-state index in [0.717, 1.165) is 0 Å². The molecule has 4 atom stereocenters. The van der Waals surface area contributed by atoms with Crippen molar-refractivity contribution in [2.45, 2.75) is 44.2 Å². The second kappa shape index (κ2) is 4.59. The summed E-state index contributed by atoms with van der Waals surface area (Å²) in [4.78, 5) is 12.5. The lowest BCUT2D eigenvalue weighted by atomic mass is 10.1. The molecule has 4 N–H and O–H groups in total. The SMILES string of the molecule is CC1(C)OC2C(O1)[C@@H](CN)OC2n1cnc2c(N)ncnc21. The highest BCUT2D eigenvalue weighted by Gasteiger charge is 2.55. The van der Waals surface area contributed by atoms with Crippen LogP contribution in [0.5, 0.6) is 0 Å². The fourth-order valence-corrected chi connectivity index (χ4v) is 3.13. The van der Waals surface area contributed by atoms with Crippen LogP contribution in [0.4, 0.5) is 5.82 Å². The van der Waals surface area contributed by atoms with E-state index in [1.54, 1.807) is 10.9 Å². The molecule has 9 heteroatoms. The van der Waals surface area contributed by atoms with Crippen LogP contribution in [0.15, 0.2) is 12.7 Å². The average Bonchev–Trinajstić information content (AvgIpc) is 3.10. The minimum atomic E-state index is -0.671. The van der Waals surface area contributed by atoms with Crippen molar-refractivity contribution in [3.8, 4) is 0 Å². The molecular weight excluding hydrogens is 288 g/mol. The molecule has 2 fully saturated rings. The van der Waals surface area contributed by atoms with Gasteiger partial charge in [0.15, 0.2) is 23.5 Å². The van der Waals surface area contributed by atoms with E-state index < -0.39 is 12.0 Å². The third-order valence-corrected chi connectivity index (χ3v) is 4.02. The molecule has 2 aliphatic heterocycles. The molecule has 4 heterocycles. The summed E-state index contributed by atoms with van der Waals surface area (Å²) in [6.45, 7) is 4.10. The van der Waals surface area contributed by atoms with Gasteiger partial charge >= 0.3 is 0 Å². The smallest absolute Gasteiger partial charge is 0.167 e. The van der Waals surface area contributed by atoms with Crippen molar-refractivity contribution in [1.29, 1.82) is 0 Å². The molecule has 2 aliphatic rings. The topological polar surface area (TPSA) is 123 Å². The highest BCUT2D eigenvalue weighted by Crippen LogP contribution is 2.43. The Morgan fingerprint density at radius 2 is 2.00 bits per heavy atom. The normalized spacial score (nSPS) is 33.4. The summed E-state index contributed by atoms with van der Waals surface area (Å²) in [5.74, 6) is -0.340. The van der Waals surface area contributed by atoms with Crippen molar-refractivity contribution in [2.24, 2.45) is 5.73 Å². The Morgan fingerprint density at radius 1 is 1.23 bits per heavy atom. The Balaban J connectivity index is 1.77. The Bertz CT molecular complexity index is 717. The fraction of sp³-hybridized carbons (Fsp3) is 0.615. The van der Waals surface area contributed by atoms with Gasteiger partial charge in [-0.2, -0.15) is 0 Å². The van der Waals surface area contributed by atoms with E-state index >= 15 is 0 Å². The van der Waals surface area contributed by atoms with Crippen LogP contribution in [0.25, 0.3) is 11.2 Å². The summed E-state index contributed by atoms with van der Waals surface area (Å²) in [5, 5.41) is 0. The standard InChI is InChI=1S/C13H18N6O3/c1-13(2)21-8-6(3-14)20-12(9(8)22-13)19-5-18-7-10(15)16-4-17-11(7)19/h4-6,8-9,12H,3,14H2,1-2H3,(H2,15,16,17)/t6-,8?,9?,12?/m1/s1. The zero-order valence-electron chi connectivity index (χ0n) is 12.3. The average molecular weight is 306 g/mol. The number of hydrogen-bond donors (Lipinski definition) is 2. The highest BCUT2D eigenvalue weighted by molar-refractivity contribution is 5.81. The van der Waals surface area contributed by atoms with Crippen LogP contribution < -0.4 is 11.5 Å². The molecule has 2 aromatic heterocycles. The molecule has 0 amide bonds. The monoisotopic (exact) mass is 306 g/mol. The highest BCUT2D eigenvalue weighted by atomic mass is 16.8. The van der Waals surface area contributed by atoms with Crippen LogP contribution >= 0.6 is 0 Å². The minimum absolute atomic E-state index is 0.221. The molecule has 4 rings (SSSR count). The summed E-state index contributed by atoms with van der Waals surface area (Å²) in [5.41, 5.74) is 12.8. The van der Waals surface area contributed by atoms with E-state index in [9.17, 15) is 0 Å². The van der Waals surface area contributed by atoms with Gasteiger partial charge < -0.3 is 25.7 Å². The predicted octanol–water partition coefficient (Wildman–Crippen LogP) is -0.215. The molecule has 2 aromatic rings. The van der Waals surface area contributed by atoms with Gasteiger partial charge in [0.1, 0.15) is 30.2 Å². The first-order chi connectivity index (χ1) is 10.5. The third kappa shape index (κ3) is 1.90. The molecule has 0 aliphatic carbocycles. The maximum absolute atomic E-state index is 6.01. The second-order valence-corrected chi connectivity index (χ2v) is 5.95. The van der Waals surface area contributed by atoms with Crippen LogP contribution in [0, 0.1) is 0 Å². The summed E-state index contributed by atoms with van der Waals surface area (Å²) in [7, 11) is 0. The van der Waals surface area contributed by atoms with Crippen LogP contribution in [-0.4, -0.2) is 50.2 Å². The van der Waals surface area contributed by atoms with Gasteiger partial charge in [0.25, 0.3) is 0 Å². The molecule has 0 bridgehead atoms. The largest absolute Gasteiger partial charge is 0.382 e. The first-order valence-corrected chi connectivity index (χ1v) is 7.14. The number of imidazole rings is 1. The van der Waals surface area contributed by atoms with Crippen LogP contribution in [-0.2, 0) is 14.2 Å². The number of nitrogens with zero attached hydrogens (tertiary/aromatic N) is 4. The van der Waals surface area contributed by atoms with Gasteiger partial charge in [-0.05, 0) is 13.8 Å². The van der Waals surface area contributed by atoms with Gasteiger partial charge in [-0.25, -0.2) is 15.0 Å². The predicted molar refractivity (Wildman–Crippen MR) is 76.5 cm³/mol. The van der Waals surface area contributed by atoms with Gasteiger partial charge in [-0.3, -0.25) is 4.57 Å². The lowest BCUT2D eigenvalue weighted by molar-refractivity contribution is -0.195. The molecule has 0 spiro atoms. The Morgan fingerprint density at radius 3 is 2.77 bits per heavy atom. The number of rotatable bonds is 2. The maximum Gasteiger partial charge on any atom is 0.167 e. The number of nitrogen functional groups attached to an aromatic ring is 1. The van der Waals surface area contributed by atoms with Crippen LogP contribution in [0.2, 0.25) is 0 Å². The molecule has 0 radical (unpaired) electrons. The van der Waals surface area contributed by atoms with E-state index in [4.69, 9.17) is 25.7 Å². The van der Waals surface area contributed by atoms with Crippen molar-refractivity contribution >= 4 is 17.0 Å². The molecule has 3 unspecified atom stereocenters. The van der Waals surface area contributed by atoms with Gasteiger partial charge in [0.2, 0.25) is 0 Å². The summed E-state index contributed by atoms with van der Waals surface area (Å²) >= 11 is 0. The van der Waals surface area contributed by atoms with Crippen molar-refractivity contribution in [3.63, 3.8) is 0 Å². The van der Waals surface area contributed by atoms with E-state index in [0.29, 0.717) is 23.5 Å². The first kappa shape index (κ1) is 13.8. The van der Waals surface area contributed by atoms with Gasteiger partial charge in [-0.15, -0.1) is 0 Å².